The molecule has 5 nitrogen and oxygen atoms in total. The molecule has 0 unspecified atom stereocenters. The van der Waals surface area contributed by atoms with Gasteiger partial charge in [0.05, 0.1) is 0 Å². The molecule has 25 heavy (non-hydrogen) atoms. The minimum absolute atomic E-state index is 0.0326. The Hall–Kier alpha value is -1.96. The Balaban J connectivity index is 2.48. The van der Waals surface area contributed by atoms with Crippen molar-refractivity contribution < 1.29 is 17.9 Å². The second kappa shape index (κ2) is 8.94. The molecule has 8 heteroatoms. The standard InChI is InChI=1S/C17H27F3N4O/c1-16(2,24(4)5)11-23-15(21-3)22-10-13-6-8-14(9-7-13)25-12-17(18,19)20/h6-9H,10-12H2,1-5H3,(H2,21,22,23). The lowest BCUT2D eigenvalue weighted by molar-refractivity contribution is -0.153. The monoisotopic (exact) mass is 360 g/mol. The highest BCUT2D eigenvalue weighted by atomic mass is 19.4. The van der Waals surface area contributed by atoms with Crippen LogP contribution in [0.15, 0.2) is 29.3 Å². The van der Waals surface area contributed by atoms with Crippen LogP contribution in [0.3, 0.4) is 0 Å². The fourth-order valence-electron chi connectivity index (χ4n) is 1.73. The molecule has 0 spiro atoms. The fourth-order valence-corrected chi connectivity index (χ4v) is 1.73. The number of likely N-dealkylation sites (N-methyl/N-ethyl adjacent to an activating group) is 1. The molecule has 0 heterocycles. The maximum atomic E-state index is 12.1. The van der Waals surface area contributed by atoms with Crippen LogP contribution in [0.4, 0.5) is 13.2 Å². The summed E-state index contributed by atoms with van der Waals surface area (Å²) in [7, 11) is 5.71. The normalized spacial score (nSPS) is 13.1. The van der Waals surface area contributed by atoms with Gasteiger partial charge in [0, 0.05) is 25.7 Å². The topological polar surface area (TPSA) is 48.9 Å². The number of aliphatic imine (C=N–C) groups is 1. The van der Waals surface area contributed by atoms with E-state index in [-0.39, 0.29) is 11.3 Å². The lowest BCUT2D eigenvalue weighted by atomic mass is 10.0. The predicted octanol–water partition coefficient (Wildman–Crippen LogP) is 2.63. The van der Waals surface area contributed by atoms with Gasteiger partial charge in [-0.15, -0.1) is 0 Å². The first kappa shape index (κ1) is 21.1. The SMILES string of the molecule is CN=C(NCc1ccc(OCC(F)(F)F)cc1)NCC(C)(C)N(C)C. The molecule has 0 aliphatic heterocycles. The van der Waals surface area contributed by atoms with Crippen molar-refractivity contribution in [1.29, 1.82) is 0 Å². The summed E-state index contributed by atoms with van der Waals surface area (Å²) < 4.78 is 41.0. The summed E-state index contributed by atoms with van der Waals surface area (Å²) >= 11 is 0. The summed E-state index contributed by atoms with van der Waals surface area (Å²) in [6.45, 7) is 4.16. The number of nitrogens with zero attached hydrogens (tertiary/aromatic N) is 2. The van der Waals surface area contributed by atoms with Crippen molar-refractivity contribution in [1.82, 2.24) is 15.5 Å². The molecule has 0 atom stereocenters. The Morgan fingerprint density at radius 3 is 2.20 bits per heavy atom. The predicted molar refractivity (Wildman–Crippen MR) is 94.0 cm³/mol. The van der Waals surface area contributed by atoms with Crippen molar-refractivity contribution >= 4 is 5.96 Å². The fraction of sp³-hybridized carbons (Fsp3) is 0.588. The first-order valence-corrected chi connectivity index (χ1v) is 7.94. The van der Waals surface area contributed by atoms with E-state index in [1.54, 1.807) is 19.2 Å². The van der Waals surface area contributed by atoms with Gasteiger partial charge >= 0.3 is 6.18 Å². The van der Waals surface area contributed by atoms with Gasteiger partial charge in [-0.1, -0.05) is 12.1 Å². The minimum Gasteiger partial charge on any atom is -0.484 e. The lowest BCUT2D eigenvalue weighted by Gasteiger charge is -2.33. The van der Waals surface area contributed by atoms with Gasteiger partial charge in [-0.2, -0.15) is 13.2 Å². The number of nitrogens with one attached hydrogen (secondary N) is 2. The molecule has 2 N–H and O–H groups in total. The molecular weight excluding hydrogens is 333 g/mol. The van der Waals surface area contributed by atoms with Crippen LogP contribution in [-0.4, -0.2) is 56.9 Å². The highest BCUT2D eigenvalue weighted by Crippen LogP contribution is 2.18. The molecular formula is C17H27F3N4O. The second-order valence-corrected chi connectivity index (χ2v) is 6.53. The number of hydrogen-bond acceptors (Lipinski definition) is 3. The number of halogens is 3. The molecule has 0 saturated carbocycles. The number of hydrogen-bond donors (Lipinski definition) is 2. The van der Waals surface area contributed by atoms with Crippen molar-refractivity contribution in [3.05, 3.63) is 29.8 Å². The summed E-state index contributed by atoms with van der Waals surface area (Å²) in [5.74, 6) is 0.851. The third kappa shape index (κ3) is 8.11. The summed E-state index contributed by atoms with van der Waals surface area (Å²) in [5, 5.41) is 6.43. The molecule has 0 aliphatic rings. The summed E-state index contributed by atoms with van der Waals surface area (Å²) in [6.07, 6.45) is -4.33. The maximum absolute atomic E-state index is 12.1. The van der Waals surface area contributed by atoms with Crippen LogP contribution in [0, 0.1) is 0 Å². The molecule has 0 fully saturated rings. The average molecular weight is 360 g/mol. The van der Waals surface area contributed by atoms with Crippen LogP contribution in [0.1, 0.15) is 19.4 Å². The molecule has 1 rings (SSSR count). The van der Waals surface area contributed by atoms with Gasteiger partial charge in [-0.05, 0) is 45.6 Å². The zero-order valence-electron chi connectivity index (χ0n) is 15.4. The summed E-state index contributed by atoms with van der Waals surface area (Å²) in [5.41, 5.74) is 0.879. The van der Waals surface area contributed by atoms with Gasteiger partial charge in [0.1, 0.15) is 5.75 Å². The van der Waals surface area contributed by atoms with E-state index >= 15 is 0 Å². The Morgan fingerprint density at radius 1 is 1.12 bits per heavy atom. The van der Waals surface area contributed by atoms with E-state index in [1.807, 2.05) is 14.1 Å². The average Bonchev–Trinajstić information content (AvgIpc) is 2.53. The highest BCUT2D eigenvalue weighted by molar-refractivity contribution is 5.79. The summed E-state index contributed by atoms with van der Waals surface area (Å²) in [6, 6.07) is 6.48. The van der Waals surface area contributed by atoms with E-state index in [2.05, 4.69) is 39.1 Å². The van der Waals surface area contributed by atoms with Crippen molar-refractivity contribution in [2.45, 2.75) is 32.1 Å². The quantitative estimate of drug-likeness (QED) is 0.580. The van der Waals surface area contributed by atoms with Crippen LogP contribution < -0.4 is 15.4 Å². The van der Waals surface area contributed by atoms with Crippen LogP contribution in [0.25, 0.3) is 0 Å². The third-order valence-corrected chi connectivity index (χ3v) is 3.91. The third-order valence-electron chi connectivity index (χ3n) is 3.91. The molecule has 0 radical (unpaired) electrons. The minimum atomic E-state index is -4.33. The Bertz CT molecular complexity index is 554. The van der Waals surface area contributed by atoms with Crippen LogP contribution >= 0.6 is 0 Å². The molecule has 0 aromatic heterocycles. The molecule has 0 amide bonds. The van der Waals surface area contributed by atoms with Gasteiger partial charge in [-0.25, -0.2) is 0 Å². The molecule has 1 aromatic carbocycles. The Labute approximate surface area is 147 Å². The zero-order chi connectivity index (χ0) is 19.1. The molecule has 0 saturated heterocycles. The van der Waals surface area contributed by atoms with Gasteiger partial charge in [0.2, 0.25) is 0 Å². The maximum Gasteiger partial charge on any atom is 0.422 e. The smallest absolute Gasteiger partial charge is 0.422 e. The van der Waals surface area contributed by atoms with Crippen molar-refractivity contribution in [3.63, 3.8) is 0 Å². The van der Waals surface area contributed by atoms with Gasteiger partial charge in [-0.3, -0.25) is 4.99 Å². The van der Waals surface area contributed by atoms with Gasteiger partial charge in [0.25, 0.3) is 0 Å². The first-order valence-electron chi connectivity index (χ1n) is 7.94. The largest absolute Gasteiger partial charge is 0.484 e. The van der Waals surface area contributed by atoms with Crippen molar-refractivity contribution in [3.8, 4) is 5.75 Å². The van der Waals surface area contributed by atoms with Gasteiger partial charge < -0.3 is 20.3 Å². The van der Waals surface area contributed by atoms with E-state index in [0.717, 1.165) is 5.56 Å². The lowest BCUT2D eigenvalue weighted by Crippen LogP contribution is -2.50. The molecule has 0 bridgehead atoms. The van der Waals surface area contributed by atoms with Crippen LogP contribution in [0.5, 0.6) is 5.75 Å². The van der Waals surface area contributed by atoms with E-state index in [1.165, 1.54) is 12.1 Å². The molecule has 142 valence electrons. The second-order valence-electron chi connectivity index (χ2n) is 6.53. The summed E-state index contributed by atoms with van der Waals surface area (Å²) in [4.78, 5) is 6.28. The van der Waals surface area contributed by atoms with E-state index in [9.17, 15) is 13.2 Å². The molecule has 1 aromatic rings. The van der Waals surface area contributed by atoms with Crippen molar-refractivity contribution in [2.24, 2.45) is 4.99 Å². The number of guanidine groups is 1. The highest BCUT2D eigenvalue weighted by Gasteiger charge is 2.28. The number of rotatable bonds is 7. The van der Waals surface area contributed by atoms with E-state index in [4.69, 9.17) is 0 Å². The van der Waals surface area contributed by atoms with Crippen LogP contribution in [-0.2, 0) is 6.54 Å². The molecule has 0 aliphatic carbocycles. The number of alkyl halides is 3. The Morgan fingerprint density at radius 2 is 1.72 bits per heavy atom. The first-order chi connectivity index (χ1) is 11.5. The number of benzene rings is 1. The number of ether oxygens (including phenoxy) is 1. The Kier molecular flexibility index (Phi) is 7.54. The van der Waals surface area contributed by atoms with Gasteiger partial charge in [0.15, 0.2) is 12.6 Å². The van der Waals surface area contributed by atoms with Crippen molar-refractivity contribution in [2.75, 3.05) is 34.3 Å². The zero-order valence-corrected chi connectivity index (χ0v) is 15.4. The van der Waals surface area contributed by atoms with Crippen LogP contribution in [0.2, 0.25) is 0 Å². The van der Waals surface area contributed by atoms with E-state index in [0.29, 0.717) is 19.0 Å². The van der Waals surface area contributed by atoms with E-state index < -0.39 is 12.8 Å².